The van der Waals surface area contributed by atoms with E-state index in [0.29, 0.717) is 0 Å². The predicted octanol–water partition coefficient (Wildman–Crippen LogP) is 3.93. The quantitative estimate of drug-likeness (QED) is 0.864. The standard InChI is InChI=1S/C18H16ClNO3/c1-11(17(19)21)20(18(22)23)10-16-14-8-4-2-6-12(14)13-7-3-5-9-15(13)16/h2-9,11,16H,10H2,1H3,(H,22,23)/t11-/m0/s1. The summed E-state index contributed by atoms with van der Waals surface area (Å²) in [5.74, 6) is -0.100. The van der Waals surface area contributed by atoms with Gasteiger partial charge < -0.3 is 5.11 Å². The van der Waals surface area contributed by atoms with Gasteiger partial charge in [0.1, 0.15) is 6.04 Å². The van der Waals surface area contributed by atoms with Gasteiger partial charge in [0.25, 0.3) is 0 Å². The monoisotopic (exact) mass is 329 g/mol. The van der Waals surface area contributed by atoms with Gasteiger partial charge in [0, 0.05) is 12.5 Å². The molecule has 0 fully saturated rings. The molecule has 1 atom stereocenters. The molecule has 118 valence electrons. The Hall–Kier alpha value is -2.33. The van der Waals surface area contributed by atoms with Crippen molar-refractivity contribution in [1.29, 1.82) is 0 Å². The van der Waals surface area contributed by atoms with Gasteiger partial charge in [-0.25, -0.2) is 4.79 Å². The Balaban J connectivity index is 2.02. The highest BCUT2D eigenvalue weighted by atomic mass is 35.5. The van der Waals surface area contributed by atoms with E-state index in [1.54, 1.807) is 0 Å². The molecule has 0 aromatic heterocycles. The first kappa shape index (κ1) is 15.6. The Morgan fingerprint density at radius 1 is 1.09 bits per heavy atom. The van der Waals surface area contributed by atoms with Gasteiger partial charge in [0.2, 0.25) is 5.24 Å². The Kier molecular flexibility index (Phi) is 4.09. The van der Waals surface area contributed by atoms with E-state index in [9.17, 15) is 14.7 Å². The third-order valence-corrected chi connectivity index (χ3v) is 4.70. The van der Waals surface area contributed by atoms with Crippen LogP contribution < -0.4 is 0 Å². The zero-order valence-electron chi connectivity index (χ0n) is 12.6. The van der Waals surface area contributed by atoms with E-state index in [1.807, 2.05) is 48.5 Å². The van der Waals surface area contributed by atoms with Gasteiger partial charge in [0.05, 0.1) is 0 Å². The highest BCUT2D eigenvalue weighted by molar-refractivity contribution is 6.64. The molecule has 4 nitrogen and oxygen atoms in total. The van der Waals surface area contributed by atoms with Crippen LogP contribution in [-0.2, 0) is 4.79 Å². The number of benzene rings is 2. The summed E-state index contributed by atoms with van der Waals surface area (Å²) in [7, 11) is 0. The average molecular weight is 330 g/mol. The lowest BCUT2D eigenvalue weighted by atomic mass is 9.96. The van der Waals surface area contributed by atoms with Crippen molar-refractivity contribution >= 4 is 22.9 Å². The second-order valence-electron chi connectivity index (χ2n) is 5.64. The Morgan fingerprint density at radius 3 is 2.00 bits per heavy atom. The fourth-order valence-electron chi connectivity index (χ4n) is 3.18. The van der Waals surface area contributed by atoms with E-state index in [1.165, 1.54) is 6.92 Å². The number of amides is 1. The van der Waals surface area contributed by atoms with Crippen molar-refractivity contribution < 1.29 is 14.7 Å². The number of hydrogen-bond donors (Lipinski definition) is 1. The third kappa shape index (κ3) is 2.70. The summed E-state index contributed by atoms with van der Waals surface area (Å²) in [6, 6.07) is 15.0. The molecule has 2 aromatic carbocycles. The van der Waals surface area contributed by atoms with Gasteiger partial charge in [-0.3, -0.25) is 9.69 Å². The molecule has 5 heteroatoms. The fourth-order valence-corrected chi connectivity index (χ4v) is 3.30. The molecule has 0 aliphatic heterocycles. The lowest BCUT2D eigenvalue weighted by Crippen LogP contribution is -2.43. The van der Waals surface area contributed by atoms with Crippen molar-refractivity contribution in [2.45, 2.75) is 18.9 Å². The van der Waals surface area contributed by atoms with Crippen LogP contribution in [0.25, 0.3) is 11.1 Å². The Bertz CT molecular complexity index is 729. The van der Waals surface area contributed by atoms with Crippen LogP contribution in [0, 0.1) is 0 Å². The summed E-state index contributed by atoms with van der Waals surface area (Å²) in [5, 5.41) is 8.79. The molecule has 3 rings (SSSR count). The van der Waals surface area contributed by atoms with Crippen molar-refractivity contribution in [1.82, 2.24) is 4.90 Å². The second kappa shape index (κ2) is 6.05. The first-order chi connectivity index (χ1) is 11.0. The first-order valence-electron chi connectivity index (χ1n) is 7.38. The fraction of sp³-hybridized carbons (Fsp3) is 0.222. The second-order valence-corrected chi connectivity index (χ2v) is 6.01. The topological polar surface area (TPSA) is 57.6 Å². The van der Waals surface area contributed by atoms with Crippen LogP contribution in [0.1, 0.15) is 24.0 Å². The number of fused-ring (bicyclic) bond motifs is 3. The molecule has 23 heavy (non-hydrogen) atoms. The number of carbonyl (C=O) groups excluding carboxylic acids is 1. The molecular formula is C18H16ClNO3. The highest BCUT2D eigenvalue weighted by Crippen LogP contribution is 2.44. The molecule has 0 spiro atoms. The minimum Gasteiger partial charge on any atom is -0.465 e. The zero-order chi connectivity index (χ0) is 16.6. The zero-order valence-corrected chi connectivity index (χ0v) is 13.3. The molecule has 0 saturated carbocycles. The van der Waals surface area contributed by atoms with Crippen molar-refractivity contribution in [3.8, 4) is 11.1 Å². The predicted molar refractivity (Wildman–Crippen MR) is 88.8 cm³/mol. The van der Waals surface area contributed by atoms with Crippen LogP contribution >= 0.6 is 11.6 Å². The van der Waals surface area contributed by atoms with Crippen molar-refractivity contribution in [2.75, 3.05) is 6.54 Å². The summed E-state index contributed by atoms with van der Waals surface area (Å²) < 4.78 is 0. The van der Waals surface area contributed by atoms with Gasteiger partial charge in [-0.2, -0.15) is 0 Å². The summed E-state index contributed by atoms with van der Waals surface area (Å²) in [4.78, 5) is 24.1. The van der Waals surface area contributed by atoms with Crippen LogP contribution in [0.4, 0.5) is 4.79 Å². The van der Waals surface area contributed by atoms with Crippen LogP contribution in [0.2, 0.25) is 0 Å². The number of halogens is 1. The number of rotatable bonds is 4. The highest BCUT2D eigenvalue weighted by Gasteiger charge is 2.33. The maximum atomic E-state index is 11.6. The smallest absolute Gasteiger partial charge is 0.407 e. The summed E-state index contributed by atoms with van der Waals surface area (Å²) >= 11 is 5.51. The Morgan fingerprint density at radius 2 is 1.57 bits per heavy atom. The molecule has 1 N–H and O–H groups in total. The van der Waals surface area contributed by atoms with Crippen LogP contribution in [-0.4, -0.2) is 33.9 Å². The van der Waals surface area contributed by atoms with Crippen molar-refractivity contribution in [3.05, 3.63) is 59.7 Å². The SMILES string of the molecule is C[C@@H](C(=O)Cl)N(CC1c2ccccc2-c2ccccc21)C(=O)O. The maximum Gasteiger partial charge on any atom is 0.407 e. The maximum absolute atomic E-state index is 11.6. The minimum atomic E-state index is -1.15. The molecule has 2 aromatic rings. The number of carbonyl (C=O) groups is 2. The largest absolute Gasteiger partial charge is 0.465 e. The van der Waals surface area contributed by atoms with E-state index in [0.717, 1.165) is 27.2 Å². The van der Waals surface area contributed by atoms with Gasteiger partial charge in [0.15, 0.2) is 0 Å². The summed E-state index contributed by atoms with van der Waals surface area (Å²) in [6.45, 7) is 1.71. The molecule has 0 radical (unpaired) electrons. The van der Waals surface area contributed by atoms with Gasteiger partial charge in [-0.15, -0.1) is 0 Å². The molecule has 1 amide bonds. The molecule has 1 aliphatic rings. The third-order valence-electron chi connectivity index (χ3n) is 4.38. The molecular weight excluding hydrogens is 314 g/mol. The van der Waals surface area contributed by atoms with E-state index < -0.39 is 17.4 Å². The van der Waals surface area contributed by atoms with Crippen LogP contribution in [0.5, 0.6) is 0 Å². The minimum absolute atomic E-state index is 0.100. The molecule has 1 aliphatic carbocycles. The molecule has 0 bridgehead atoms. The van der Waals surface area contributed by atoms with Crippen LogP contribution in [0.15, 0.2) is 48.5 Å². The van der Waals surface area contributed by atoms with Crippen LogP contribution in [0.3, 0.4) is 0 Å². The van der Waals surface area contributed by atoms with Crippen molar-refractivity contribution in [3.63, 3.8) is 0 Å². The summed E-state index contributed by atoms with van der Waals surface area (Å²) in [5.41, 5.74) is 4.38. The number of carboxylic acid groups (broad SMARTS) is 1. The van der Waals surface area contributed by atoms with E-state index >= 15 is 0 Å². The summed E-state index contributed by atoms with van der Waals surface area (Å²) in [6.07, 6.45) is -1.15. The lowest BCUT2D eigenvalue weighted by molar-refractivity contribution is -0.115. The molecule has 0 heterocycles. The van der Waals surface area contributed by atoms with Gasteiger partial charge in [-0.05, 0) is 40.8 Å². The van der Waals surface area contributed by atoms with E-state index in [4.69, 9.17) is 11.6 Å². The number of nitrogens with zero attached hydrogens (tertiary/aromatic N) is 1. The molecule has 0 unspecified atom stereocenters. The van der Waals surface area contributed by atoms with E-state index in [2.05, 4.69) is 0 Å². The van der Waals surface area contributed by atoms with Gasteiger partial charge in [-0.1, -0.05) is 48.5 Å². The number of hydrogen-bond acceptors (Lipinski definition) is 2. The van der Waals surface area contributed by atoms with Crippen molar-refractivity contribution in [2.24, 2.45) is 0 Å². The normalized spacial score (nSPS) is 14.0. The molecule has 0 saturated heterocycles. The lowest BCUT2D eigenvalue weighted by Gasteiger charge is -2.27. The Labute approximate surface area is 139 Å². The van der Waals surface area contributed by atoms with E-state index in [-0.39, 0.29) is 12.5 Å². The average Bonchev–Trinajstić information content (AvgIpc) is 2.86. The van der Waals surface area contributed by atoms with Gasteiger partial charge >= 0.3 is 6.09 Å². The first-order valence-corrected chi connectivity index (χ1v) is 7.75.